The Morgan fingerprint density at radius 3 is 1.94 bits per heavy atom. The number of aliphatic hydroxyl groups is 4. The van der Waals surface area contributed by atoms with Gasteiger partial charge in [-0.2, -0.15) is 0 Å². The summed E-state index contributed by atoms with van der Waals surface area (Å²) in [5, 5.41) is 47.1. The van der Waals surface area contributed by atoms with Crippen LogP contribution in [0.25, 0.3) is 0 Å². The highest BCUT2D eigenvalue weighted by molar-refractivity contribution is 4.92. The molecule has 0 aromatic carbocycles. The Morgan fingerprint density at radius 2 is 1.38 bits per heavy atom. The van der Waals surface area contributed by atoms with Crippen molar-refractivity contribution in [1.29, 1.82) is 0 Å². The molecule has 5 atom stereocenters. The van der Waals surface area contributed by atoms with E-state index in [2.05, 4.69) is 17.2 Å². The molecule has 4 N–H and O–H groups in total. The summed E-state index contributed by atoms with van der Waals surface area (Å²) in [6, 6.07) is 0. The minimum Gasteiger partial charge on any atom is -0.394 e. The minimum absolute atomic E-state index is 0.0431. The van der Waals surface area contributed by atoms with E-state index in [1.165, 1.54) is 83.5 Å². The predicted octanol–water partition coefficient (Wildman–Crippen LogP) is 3.08. The van der Waals surface area contributed by atoms with Gasteiger partial charge in [-0.1, -0.05) is 95.6 Å². The molecule has 0 bridgehead atoms. The molecule has 9 nitrogen and oxygen atoms in total. The van der Waals surface area contributed by atoms with Crippen LogP contribution >= 0.6 is 0 Å². The number of aromatic nitrogens is 3. The van der Waals surface area contributed by atoms with Gasteiger partial charge in [0, 0.05) is 6.54 Å². The highest BCUT2D eigenvalue weighted by Gasteiger charge is 2.44. The molecule has 0 aliphatic carbocycles. The number of ether oxygens (including phenoxy) is 2. The quantitative estimate of drug-likeness (QED) is 0.220. The van der Waals surface area contributed by atoms with Gasteiger partial charge in [0.15, 0.2) is 6.29 Å². The number of nitrogens with zero attached hydrogens (tertiary/aromatic N) is 3. The van der Waals surface area contributed by atoms with Gasteiger partial charge in [0.05, 0.1) is 19.4 Å². The van der Waals surface area contributed by atoms with Crippen LogP contribution in [0.4, 0.5) is 0 Å². The van der Waals surface area contributed by atoms with Gasteiger partial charge < -0.3 is 29.9 Å². The van der Waals surface area contributed by atoms with Crippen LogP contribution in [-0.2, 0) is 22.6 Å². The molecule has 34 heavy (non-hydrogen) atoms. The van der Waals surface area contributed by atoms with Gasteiger partial charge in [0.2, 0.25) is 0 Å². The Bertz CT molecular complexity index is 630. The maximum absolute atomic E-state index is 10.0. The highest BCUT2D eigenvalue weighted by atomic mass is 16.7. The molecule has 0 spiro atoms. The first-order valence-corrected chi connectivity index (χ1v) is 13.4. The zero-order valence-corrected chi connectivity index (χ0v) is 20.9. The standard InChI is InChI=1S/C25H47N3O6/c1-2-3-4-5-6-7-8-9-10-11-12-13-14-15-16-28-17-20(26-27-28)19-33-25-24(32)23(31)22(30)21(18-29)34-25/h17,21-25,29-32H,2-16,18-19H2,1H3/t21-,22-,23+,24-,25-/m1/s1. The molecule has 1 aliphatic rings. The fourth-order valence-electron chi connectivity index (χ4n) is 4.35. The summed E-state index contributed by atoms with van der Waals surface area (Å²) < 4.78 is 12.6. The van der Waals surface area contributed by atoms with Crippen molar-refractivity contribution in [3.63, 3.8) is 0 Å². The molecule has 1 fully saturated rings. The van der Waals surface area contributed by atoms with Gasteiger partial charge in [0.25, 0.3) is 0 Å². The second kappa shape index (κ2) is 17.3. The summed E-state index contributed by atoms with van der Waals surface area (Å²) in [4.78, 5) is 0. The molecule has 1 aliphatic heterocycles. The Morgan fingerprint density at radius 1 is 0.824 bits per heavy atom. The van der Waals surface area contributed by atoms with Crippen LogP contribution in [0.1, 0.15) is 103 Å². The van der Waals surface area contributed by atoms with Crippen LogP contribution < -0.4 is 0 Å². The molecule has 2 heterocycles. The summed E-state index contributed by atoms with van der Waals surface area (Å²) in [6.07, 6.45) is 13.9. The second-order valence-electron chi connectivity index (χ2n) is 9.58. The predicted molar refractivity (Wildman–Crippen MR) is 129 cm³/mol. The summed E-state index contributed by atoms with van der Waals surface area (Å²) >= 11 is 0. The molecule has 2 rings (SSSR count). The maximum atomic E-state index is 10.0. The topological polar surface area (TPSA) is 130 Å². The minimum atomic E-state index is -1.45. The van der Waals surface area contributed by atoms with Crippen LogP contribution in [0.15, 0.2) is 6.20 Å². The van der Waals surface area contributed by atoms with Gasteiger partial charge in [-0.05, 0) is 6.42 Å². The van der Waals surface area contributed by atoms with E-state index in [4.69, 9.17) is 9.47 Å². The van der Waals surface area contributed by atoms with Crippen LogP contribution in [0.3, 0.4) is 0 Å². The molecular formula is C25H47N3O6. The van der Waals surface area contributed by atoms with Gasteiger partial charge in [-0.25, -0.2) is 0 Å². The number of aliphatic hydroxyl groups excluding tert-OH is 4. The van der Waals surface area contributed by atoms with E-state index < -0.39 is 37.3 Å². The average molecular weight is 486 g/mol. The molecular weight excluding hydrogens is 438 g/mol. The van der Waals surface area contributed by atoms with E-state index >= 15 is 0 Å². The maximum Gasteiger partial charge on any atom is 0.187 e. The lowest BCUT2D eigenvalue weighted by Crippen LogP contribution is -2.59. The molecule has 0 saturated carbocycles. The SMILES string of the molecule is CCCCCCCCCCCCCCCCn1cc(CO[C@@H]2O[C@H](CO)[C@@H](O)[C@H](O)[C@H]2O)nn1. The Labute approximate surface area is 204 Å². The fraction of sp³-hybridized carbons (Fsp3) is 0.920. The monoisotopic (exact) mass is 485 g/mol. The van der Waals surface area contributed by atoms with Gasteiger partial charge >= 0.3 is 0 Å². The summed E-state index contributed by atoms with van der Waals surface area (Å²) in [7, 11) is 0. The molecule has 1 aromatic rings. The molecule has 0 amide bonds. The second-order valence-corrected chi connectivity index (χ2v) is 9.58. The van der Waals surface area contributed by atoms with Crippen molar-refractivity contribution < 1.29 is 29.9 Å². The summed E-state index contributed by atoms with van der Waals surface area (Å²) in [6.45, 7) is 2.62. The van der Waals surface area contributed by atoms with E-state index in [-0.39, 0.29) is 6.61 Å². The summed E-state index contributed by atoms with van der Waals surface area (Å²) in [5.74, 6) is 0. The lowest BCUT2D eigenvalue weighted by atomic mass is 9.99. The lowest BCUT2D eigenvalue weighted by molar-refractivity contribution is -0.304. The third-order valence-electron chi connectivity index (χ3n) is 6.57. The van der Waals surface area contributed by atoms with Crippen molar-refractivity contribution in [1.82, 2.24) is 15.0 Å². The van der Waals surface area contributed by atoms with E-state index in [1.54, 1.807) is 10.9 Å². The molecule has 0 unspecified atom stereocenters. The normalized spacial score (nSPS) is 25.1. The molecule has 198 valence electrons. The Balaban J connectivity index is 1.48. The zero-order chi connectivity index (χ0) is 24.6. The highest BCUT2D eigenvalue weighted by Crippen LogP contribution is 2.22. The third-order valence-corrected chi connectivity index (χ3v) is 6.57. The molecule has 1 saturated heterocycles. The van der Waals surface area contributed by atoms with Crippen molar-refractivity contribution >= 4 is 0 Å². The largest absolute Gasteiger partial charge is 0.394 e. The molecule has 0 radical (unpaired) electrons. The van der Waals surface area contributed by atoms with Crippen molar-refractivity contribution in [3.8, 4) is 0 Å². The van der Waals surface area contributed by atoms with Crippen LogP contribution in [0.5, 0.6) is 0 Å². The number of hydrogen-bond acceptors (Lipinski definition) is 8. The first-order chi connectivity index (χ1) is 16.6. The van der Waals surface area contributed by atoms with Crippen LogP contribution in [-0.4, -0.2) is 72.7 Å². The smallest absolute Gasteiger partial charge is 0.187 e. The number of hydrogen-bond donors (Lipinski definition) is 4. The number of unbranched alkanes of at least 4 members (excludes halogenated alkanes) is 13. The van der Waals surface area contributed by atoms with Crippen LogP contribution in [0.2, 0.25) is 0 Å². The lowest BCUT2D eigenvalue weighted by Gasteiger charge is -2.39. The van der Waals surface area contributed by atoms with E-state index in [0.29, 0.717) is 5.69 Å². The van der Waals surface area contributed by atoms with Gasteiger partial charge in [0.1, 0.15) is 30.1 Å². The van der Waals surface area contributed by atoms with Crippen molar-refractivity contribution in [2.45, 2.75) is 141 Å². The van der Waals surface area contributed by atoms with E-state index in [9.17, 15) is 20.4 Å². The first-order valence-electron chi connectivity index (χ1n) is 13.4. The Hall–Kier alpha value is -1.10. The summed E-state index contributed by atoms with van der Waals surface area (Å²) in [5.41, 5.74) is 0.585. The fourth-order valence-corrected chi connectivity index (χ4v) is 4.35. The molecule has 9 heteroatoms. The third kappa shape index (κ3) is 10.7. The van der Waals surface area contributed by atoms with Crippen molar-refractivity contribution in [2.24, 2.45) is 0 Å². The van der Waals surface area contributed by atoms with Gasteiger partial charge in [-0.15, -0.1) is 5.10 Å². The van der Waals surface area contributed by atoms with Crippen molar-refractivity contribution in [3.05, 3.63) is 11.9 Å². The molecule has 1 aromatic heterocycles. The number of rotatable bonds is 19. The van der Waals surface area contributed by atoms with Crippen molar-refractivity contribution in [2.75, 3.05) is 6.61 Å². The zero-order valence-electron chi connectivity index (χ0n) is 20.9. The first kappa shape index (κ1) is 29.1. The average Bonchev–Trinajstić information content (AvgIpc) is 3.30. The number of aryl methyl sites for hydroxylation is 1. The Kier molecular flexibility index (Phi) is 14.9. The van der Waals surface area contributed by atoms with E-state index in [0.717, 1.165) is 13.0 Å². The van der Waals surface area contributed by atoms with Crippen LogP contribution in [0, 0.1) is 0 Å². The van der Waals surface area contributed by atoms with E-state index in [1.807, 2.05) is 0 Å². The van der Waals surface area contributed by atoms with Gasteiger partial charge in [-0.3, -0.25) is 4.68 Å².